The summed E-state index contributed by atoms with van der Waals surface area (Å²) in [4.78, 5) is 0. The van der Waals surface area contributed by atoms with Crippen LogP contribution in [0.5, 0.6) is 0 Å². The Bertz CT molecular complexity index is 471. The van der Waals surface area contributed by atoms with Crippen molar-refractivity contribution in [2.75, 3.05) is 0 Å². The van der Waals surface area contributed by atoms with Gasteiger partial charge in [-0.05, 0) is 27.1 Å². The van der Waals surface area contributed by atoms with Crippen LogP contribution in [0.15, 0.2) is 39.4 Å². The van der Waals surface area contributed by atoms with E-state index in [9.17, 15) is 0 Å². The molecule has 13 heavy (non-hydrogen) atoms. The average molecular weight is 235 g/mol. The van der Waals surface area contributed by atoms with Crippen LogP contribution in [0.3, 0.4) is 0 Å². The van der Waals surface area contributed by atoms with Crippen molar-refractivity contribution in [2.45, 2.75) is 6.42 Å². The Kier molecular flexibility index (Phi) is 1.41. The van der Waals surface area contributed by atoms with Crippen LogP contribution in [-0.4, -0.2) is 0 Å². The highest BCUT2D eigenvalue weighted by Gasteiger charge is 2.23. The third kappa shape index (κ3) is 0.923. The van der Waals surface area contributed by atoms with Crippen molar-refractivity contribution in [3.8, 4) is 11.1 Å². The molecule has 0 saturated carbocycles. The molecule has 0 radical (unpaired) electrons. The minimum absolute atomic E-state index is 0.928. The predicted octanol–water partition coefficient (Wildman–Crippen LogP) is 3.61. The standard InChI is InChI=1S/C11H7BrO/c12-9-6-13-10-5-7-3-1-2-4-8(7)11(9)10/h1-4,6H,5H2. The van der Waals surface area contributed by atoms with E-state index in [0.717, 1.165) is 16.7 Å². The maximum absolute atomic E-state index is 5.44. The number of rotatable bonds is 0. The molecule has 0 amide bonds. The zero-order chi connectivity index (χ0) is 8.84. The fourth-order valence-corrected chi connectivity index (χ4v) is 2.40. The van der Waals surface area contributed by atoms with Gasteiger partial charge in [0.1, 0.15) is 12.0 Å². The van der Waals surface area contributed by atoms with Crippen molar-refractivity contribution in [3.05, 3.63) is 46.3 Å². The maximum Gasteiger partial charge on any atom is 0.117 e. The van der Waals surface area contributed by atoms with Crippen molar-refractivity contribution >= 4 is 15.9 Å². The van der Waals surface area contributed by atoms with Crippen LogP contribution in [0.4, 0.5) is 0 Å². The molecule has 1 heterocycles. The zero-order valence-corrected chi connectivity index (χ0v) is 8.47. The number of fused-ring (bicyclic) bond motifs is 3. The van der Waals surface area contributed by atoms with E-state index in [2.05, 4.69) is 40.2 Å². The molecular formula is C11H7BrO. The van der Waals surface area contributed by atoms with E-state index in [-0.39, 0.29) is 0 Å². The van der Waals surface area contributed by atoms with Gasteiger partial charge in [-0.3, -0.25) is 0 Å². The number of furan rings is 1. The lowest BCUT2D eigenvalue weighted by Gasteiger charge is -1.96. The Labute approximate surface area is 84.5 Å². The lowest BCUT2D eigenvalue weighted by atomic mass is 10.1. The molecule has 64 valence electrons. The number of benzene rings is 1. The van der Waals surface area contributed by atoms with Crippen LogP contribution in [0.1, 0.15) is 11.3 Å². The Balaban J connectivity index is 2.35. The fourth-order valence-electron chi connectivity index (χ4n) is 1.87. The SMILES string of the molecule is Brc1coc2c1-c1ccccc1C2. The topological polar surface area (TPSA) is 13.1 Å². The molecule has 2 aromatic rings. The number of halogens is 1. The average Bonchev–Trinajstić information content (AvgIpc) is 2.66. The van der Waals surface area contributed by atoms with Gasteiger partial charge in [0.05, 0.1) is 4.47 Å². The van der Waals surface area contributed by atoms with Crippen LogP contribution >= 0.6 is 15.9 Å². The minimum Gasteiger partial charge on any atom is -0.467 e. The van der Waals surface area contributed by atoms with Gasteiger partial charge in [0.25, 0.3) is 0 Å². The summed E-state index contributed by atoms with van der Waals surface area (Å²) < 4.78 is 6.50. The van der Waals surface area contributed by atoms with Gasteiger partial charge in [-0.25, -0.2) is 0 Å². The van der Waals surface area contributed by atoms with Crippen molar-refractivity contribution in [2.24, 2.45) is 0 Å². The van der Waals surface area contributed by atoms with Crippen LogP contribution in [0.25, 0.3) is 11.1 Å². The monoisotopic (exact) mass is 234 g/mol. The molecule has 0 atom stereocenters. The smallest absolute Gasteiger partial charge is 0.117 e. The first kappa shape index (κ1) is 7.39. The highest BCUT2D eigenvalue weighted by atomic mass is 79.9. The summed E-state index contributed by atoms with van der Waals surface area (Å²) in [5.41, 5.74) is 3.89. The highest BCUT2D eigenvalue weighted by Crippen LogP contribution is 2.42. The highest BCUT2D eigenvalue weighted by molar-refractivity contribution is 9.10. The summed E-state index contributed by atoms with van der Waals surface area (Å²) in [5, 5.41) is 0. The van der Waals surface area contributed by atoms with Gasteiger partial charge in [0, 0.05) is 12.0 Å². The van der Waals surface area contributed by atoms with Crippen molar-refractivity contribution in [1.82, 2.24) is 0 Å². The molecule has 0 bridgehead atoms. The van der Waals surface area contributed by atoms with Crippen LogP contribution < -0.4 is 0 Å². The molecule has 0 aliphatic heterocycles. The van der Waals surface area contributed by atoms with E-state index in [0.29, 0.717) is 0 Å². The second kappa shape index (κ2) is 2.48. The molecule has 2 heteroatoms. The van der Waals surface area contributed by atoms with E-state index in [1.165, 1.54) is 16.7 Å². The van der Waals surface area contributed by atoms with Crippen molar-refractivity contribution < 1.29 is 4.42 Å². The van der Waals surface area contributed by atoms with Crippen molar-refractivity contribution in [3.63, 3.8) is 0 Å². The van der Waals surface area contributed by atoms with Gasteiger partial charge in [-0.2, -0.15) is 0 Å². The predicted molar refractivity (Wildman–Crippen MR) is 54.7 cm³/mol. The molecule has 0 saturated heterocycles. The maximum atomic E-state index is 5.44. The third-order valence-corrected chi connectivity index (χ3v) is 3.04. The molecule has 0 fully saturated rings. The van der Waals surface area contributed by atoms with Gasteiger partial charge in [0.2, 0.25) is 0 Å². The van der Waals surface area contributed by atoms with Gasteiger partial charge in [-0.1, -0.05) is 24.3 Å². The first-order valence-corrected chi connectivity index (χ1v) is 4.99. The fraction of sp³-hybridized carbons (Fsp3) is 0.0909. The molecule has 0 N–H and O–H groups in total. The van der Waals surface area contributed by atoms with Gasteiger partial charge >= 0.3 is 0 Å². The summed E-state index contributed by atoms with van der Waals surface area (Å²) in [5.74, 6) is 1.08. The Morgan fingerprint density at radius 1 is 1.23 bits per heavy atom. The molecule has 0 unspecified atom stereocenters. The largest absolute Gasteiger partial charge is 0.467 e. The molecule has 1 aliphatic rings. The van der Waals surface area contributed by atoms with Crippen LogP contribution in [0, 0.1) is 0 Å². The summed E-state index contributed by atoms with van der Waals surface area (Å²) in [6, 6.07) is 8.42. The molecule has 1 aromatic heterocycles. The van der Waals surface area contributed by atoms with E-state index < -0.39 is 0 Å². The lowest BCUT2D eigenvalue weighted by Crippen LogP contribution is -1.77. The Morgan fingerprint density at radius 3 is 3.00 bits per heavy atom. The summed E-state index contributed by atoms with van der Waals surface area (Å²) in [7, 11) is 0. The molecule has 0 spiro atoms. The van der Waals surface area contributed by atoms with E-state index in [1.54, 1.807) is 6.26 Å². The molecular weight excluding hydrogens is 228 g/mol. The third-order valence-electron chi connectivity index (χ3n) is 2.46. The van der Waals surface area contributed by atoms with Gasteiger partial charge < -0.3 is 4.42 Å². The summed E-state index contributed by atoms with van der Waals surface area (Å²) in [6.07, 6.45) is 2.69. The van der Waals surface area contributed by atoms with E-state index in [4.69, 9.17) is 4.42 Å². The molecule has 1 aromatic carbocycles. The van der Waals surface area contributed by atoms with E-state index >= 15 is 0 Å². The zero-order valence-electron chi connectivity index (χ0n) is 6.88. The molecule has 1 nitrogen and oxygen atoms in total. The number of hydrogen-bond acceptors (Lipinski definition) is 1. The summed E-state index contributed by atoms with van der Waals surface area (Å²) in [6.45, 7) is 0. The van der Waals surface area contributed by atoms with Gasteiger partial charge in [-0.15, -0.1) is 0 Å². The second-order valence-electron chi connectivity index (χ2n) is 3.22. The Morgan fingerprint density at radius 2 is 2.08 bits per heavy atom. The lowest BCUT2D eigenvalue weighted by molar-refractivity contribution is 0.524. The molecule has 1 aliphatic carbocycles. The first-order chi connectivity index (χ1) is 6.36. The second-order valence-corrected chi connectivity index (χ2v) is 4.07. The van der Waals surface area contributed by atoms with Crippen LogP contribution in [0.2, 0.25) is 0 Å². The van der Waals surface area contributed by atoms with Crippen molar-refractivity contribution in [1.29, 1.82) is 0 Å². The Hall–Kier alpha value is -1.02. The quantitative estimate of drug-likeness (QED) is 0.580. The number of hydrogen-bond donors (Lipinski definition) is 0. The van der Waals surface area contributed by atoms with Gasteiger partial charge in [0.15, 0.2) is 0 Å². The molecule has 3 rings (SSSR count). The normalized spacial score (nSPS) is 12.7. The van der Waals surface area contributed by atoms with Crippen LogP contribution in [-0.2, 0) is 6.42 Å². The first-order valence-electron chi connectivity index (χ1n) is 4.20. The summed E-state index contributed by atoms with van der Waals surface area (Å²) >= 11 is 3.49. The minimum atomic E-state index is 0.928. The van der Waals surface area contributed by atoms with E-state index in [1.807, 2.05) is 0 Å².